The van der Waals surface area contributed by atoms with Gasteiger partial charge in [-0.3, -0.25) is 4.18 Å². The van der Waals surface area contributed by atoms with Gasteiger partial charge < -0.3 is 28.4 Å². The van der Waals surface area contributed by atoms with Gasteiger partial charge in [-0.1, -0.05) is 91.0 Å². The summed E-state index contributed by atoms with van der Waals surface area (Å²) in [5.74, 6) is 0. The minimum absolute atomic E-state index is 0.0238. The van der Waals surface area contributed by atoms with Crippen molar-refractivity contribution in [3.8, 4) is 0 Å². The fourth-order valence-corrected chi connectivity index (χ4v) is 5.72. The Bertz CT molecular complexity index is 1320. The molecule has 0 radical (unpaired) electrons. The summed E-state index contributed by atoms with van der Waals surface area (Å²) in [5, 5.41) is 0. The highest BCUT2D eigenvalue weighted by atomic mass is 32.2. The summed E-state index contributed by atoms with van der Waals surface area (Å²) in [5.41, 5.74) is 2.44. The third-order valence-electron chi connectivity index (χ3n) is 6.86. The van der Waals surface area contributed by atoms with E-state index in [1.54, 1.807) is 0 Å². The van der Waals surface area contributed by atoms with Crippen molar-refractivity contribution in [2.24, 2.45) is 0 Å². The zero-order valence-corrected chi connectivity index (χ0v) is 22.1. The van der Waals surface area contributed by atoms with E-state index in [1.807, 2.05) is 91.0 Å². The van der Waals surface area contributed by atoms with E-state index in [1.165, 1.54) is 0 Å². The van der Waals surface area contributed by atoms with E-state index in [2.05, 4.69) is 0 Å². The van der Waals surface area contributed by atoms with E-state index >= 15 is 0 Å². The van der Waals surface area contributed by atoms with Crippen molar-refractivity contribution in [3.05, 3.63) is 108 Å². The van der Waals surface area contributed by atoms with Gasteiger partial charge in [-0.15, -0.1) is 0 Å². The Hall–Kier alpha value is -2.67. The van der Waals surface area contributed by atoms with Crippen LogP contribution in [0, 0.1) is 0 Å². The van der Waals surface area contributed by atoms with Gasteiger partial charge in [-0.05, 0) is 0 Å². The maximum atomic E-state index is 12.2. The first-order valence-corrected chi connectivity index (χ1v) is 14.6. The summed E-state index contributed by atoms with van der Waals surface area (Å²) in [6.45, 7) is 0.223. The minimum atomic E-state index is -3.84. The number of ether oxygens (including phenoxy) is 6. The van der Waals surface area contributed by atoms with E-state index in [0.29, 0.717) is 0 Å². The third kappa shape index (κ3) is 6.08. The molecule has 0 saturated carbocycles. The number of fused-ring (bicyclic) bond motifs is 1. The summed E-state index contributed by atoms with van der Waals surface area (Å²) in [6, 6.07) is 28.5. The Morgan fingerprint density at radius 1 is 0.590 bits per heavy atom. The molecular weight excluding hydrogens is 524 g/mol. The van der Waals surface area contributed by atoms with Crippen LogP contribution in [0.4, 0.5) is 0 Å². The smallest absolute Gasteiger partial charge is 0.264 e. The standard InChI is InChI=1S/C29H30O9S/c1-39(30,31)38-23-18-33-28(20-13-7-3-8-14-20)36-25(23)26-24-22(34-29(37-26)21-15-9-4-10-16-21)17-32-27(35-24)19-11-5-2-6-12-19/h2-16,22-29H,17-18H2,1H3/t22-,23+,24+,25+,26+,27+,28-,29+/m1/s1. The number of hydrogen-bond donors (Lipinski definition) is 0. The molecule has 3 aliphatic rings. The quantitative estimate of drug-likeness (QED) is 0.418. The molecule has 0 aromatic heterocycles. The zero-order chi connectivity index (χ0) is 26.8. The van der Waals surface area contributed by atoms with Crippen molar-refractivity contribution in [3.63, 3.8) is 0 Å². The van der Waals surface area contributed by atoms with Crippen LogP contribution in [-0.4, -0.2) is 58.4 Å². The van der Waals surface area contributed by atoms with Gasteiger partial charge in [0, 0.05) is 16.7 Å². The van der Waals surface area contributed by atoms with Crippen LogP contribution < -0.4 is 0 Å². The number of hydrogen-bond acceptors (Lipinski definition) is 9. The van der Waals surface area contributed by atoms with Crippen LogP contribution in [0.1, 0.15) is 35.6 Å². The van der Waals surface area contributed by atoms with Crippen molar-refractivity contribution >= 4 is 10.1 Å². The summed E-state index contributed by atoms with van der Waals surface area (Å²) in [6.07, 6.45) is -4.91. The first-order chi connectivity index (χ1) is 18.9. The first-order valence-electron chi connectivity index (χ1n) is 12.8. The van der Waals surface area contributed by atoms with E-state index in [4.69, 9.17) is 32.6 Å². The molecule has 0 spiro atoms. The van der Waals surface area contributed by atoms with Crippen molar-refractivity contribution in [1.29, 1.82) is 0 Å². The predicted molar refractivity (Wildman–Crippen MR) is 139 cm³/mol. The van der Waals surface area contributed by atoms with Crippen LogP contribution in [0.15, 0.2) is 91.0 Å². The average molecular weight is 555 g/mol. The molecule has 0 aliphatic carbocycles. The minimum Gasteiger partial charge on any atom is -0.346 e. The van der Waals surface area contributed by atoms with Crippen LogP contribution in [0.5, 0.6) is 0 Å². The molecular formula is C29H30O9S. The molecule has 6 rings (SSSR count). The van der Waals surface area contributed by atoms with Gasteiger partial charge in [-0.25, -0.2) is 0 Å². The van der Waals surface area contributed by atoms with Crippen molar-refractivity contribution in [2.75, 3.05) is 19.5 Å². The third-order valence-corrected chi connectivity index (χ3v) is 7.46. The second-order valence-electron chi connectivity index (χ2n) is 9.71. The second kappa shape index (κ2) is 11.4. The monoisotopic (exact) mass is 554 g/mol. The predicted octanol–water partition coefficient (Wildman–Crippen LogP) is 4.04. The summed E-state index contributed by atoms with van der Waals surface area (Å²) < 4.78 is 67.6. The molecule has 3 aromatic carbocycles. The summed E-state index contributed by atoms with van der Waals surface area (Å²) in [4.78, 5) is 0. The lowest BCUT2D eigenvalue weighted by atomic mass is 9.95. The molecule has 0 unspecified atom stereocenters. The second-order valence-corrected chi connectivity index (χ2v) is 11.3. The van der Waals surface area contributed by atoms with Crippen molar-refractivity contribution in [2.45, 2.75) is 49.4 Å². The van der Waals surface area contributed by atoms with Gasteiger partial charge in [-0.2, -0.15) is 8.42 Å². The SMILES string of the molecule is CS(=O)(=O)O[C@H]1CO[C@@H](c2ccccc2)O[C@@H]1[C@H]1O[C@@H](c2ccccc2)O[C@@H]2CO[C@H](c3ccccc3)O[C@H]12. The Labute approximate surface area is 227 Å². The van der Waals surface area contributed by atoms with E-state index in [-0.39, 0.29) is 13.2 Å². The van der Waals surface area contributed by atoms with E-state index in [0.717, 1.165) is 22.9 Å². The van der Waals surface area contributed by atoms with Crippen molar-refractivity contribution < 1.29 is 41.0 Å². The Morgan fingerprint density at radius 3 is 1.59 bits per heavy atom. The molecule has 3 aromatic rings. The highest BCUT2D eigenvalue weighted by Crippen LogP contribution is 2.42. The van der Waals surface area contributed by atoms with Gasteiger partial charge in [0.05, 0.1) is 19.5 Å². The first kappa shape index (κ1) is 26.5. The Balaban J connectivity index is 1.35. The largest absolute Gasteiger partial charge is 0.346 e. The van der Waals surface area contributed by atoms with Crippen LogP contribution in [0.25, 0.3) is 0 Å². The molecule has 3 heterocycles. The molecule has 3 fully saturated rings. The van der Waals surface area contributed by atoms with Crippen LogP contribution in [0.3, 0.4) is 0 Å². The van der Waals surface area contributed by atoms with Gasteiger partial charge in [0.15, 0.2) is 18.9 Å². The van der Waals surface area contributed by atoms with E-state index in [9.17, 15) is 8.42 Å². The van der Waals surface area contributed by atoms with Gasteiger partial charge in [0.25, 0.3) is 10.1 Å². The molecule has 3 saturated heterocycles. The van der Waals surface area contributed by atoms with Crippen LogP contribution >= 0.6 is 0 Å². The lowest BCUT2D eigenvalue weighted by molar-refractivity contribution is -0.390. The maximum absolute atomic E-state index is 12.2. The Morgan fingerprint density at radius 2 is 1.05 bits per heavy atom. The van der Waals surface area contributed by atoms with Gasteiger partial charge in [0.1, 0.15) is 30.5 Å². The van der Waals surface area contributed by atoms with Crippen molar-refractivity contribution in [1.82, 2.24) is 0 Å². The lowest BCUT2D eigenvalue weighted by Gasteiger charge is -2.50. The fraction of sp³-hybridized carbons (Fsp3) is 0.379. The maximum Gasteiger partial charge on any atom is 0.264 e. The molecule has 0 amide bonds. The highest BCUT2D eigenvalue weighted by Gasteiger charge is 2.53. The normalized spacial score (nSPS) is 33.3. The average Bonchev–Trinajstić information content (AvgIpc) is 2.97. The topological polar surface area (TPSA) is 98.8 Å². The summed E-state index contributed by atoms with van der Waals surface area (Å²) >= 11 is 0. The molecule has 39 heavy (non-hydrogen) atoms. The molecule has 10 heteroatoms. The fourth-order valence-electron chi connectivity index (χ4n) is 5.11. The van der Waals surface area contributed by atoms with Gasteiger partial charge in [0.2, 0.25) is 0 Å². The van der Waals surface area contributed by atoms with E-state index < -0.39 is 59.5 Å². The van der Waals surface area contributed by atoms with Crippen LogP contribution in [-0.2, 0) is 42.7 Å². The molecule has 8 atom stereocenters. The highest BCUT2D eigenvalue weighted by molar-refractivity contribution is 7.86. The molecule has 206 valence electrons. The van der Waals surface area contributed by atoms with Crippen LogP contribution in [0.2, 0.25) is 0 Å². The van der Waals surface area contributed by atoms with Gasteiger partial charge >= 0.3 is 0 Å². The molecule has 0 N–H and O–H groups in total. The molecule has 0 bridgehead atoms. The molecule has 9 nitrogen and oxygen atoms in total. The lowest BCUT2D eigenvalue weighted by Crippen LogP contribution is -2.62. The Kier molecular flexibility index (Phi) is 7.79. The zero-order valence-electron chi connectivity index (χ0n) is 21.3. The molecule has 3 aliphatic heterocycles. The number of rotatable bonds is 6. The summed E-state index contributed by atoms with van der Waals surface area (Å²) in [7, 11) is -3.84. The number of benzene rings is 3.